The summed E-state index contributed by atoms with van der Waals surface area (Å²) in [6.45, 7) is 1.94. The lowest BCUT2D eigenvalue weighted by molar-refractivity contribution is -0.384. The van der Waals surface area contributed by atoms with Crippen LogP contribution in [0.3, 0.4) is 0 Å². The summed E-state index contributed by atoms with van der Waals surface area (Å²) in [6, 6.07) is 21.5. The van der Waals surface area contributed by atoms with Crippen molar-refractivity contribution in [1.29, 1.82) is 0 Å². The first kappa shape index (κ1) is 19.1. The second kappa shape index (κ2) is 8.00. The number of amides is 1. The molecule has 1 heterocycles. The van der Waals surface area contributed by atoms with Crippen LogP contribution in [-0.4, -0.2) is 20.4 Å². The lowest BCUT2D eigenvalue weighted by Gasteiger charge is -2.07. The van der Waals surface area contributed by atoms with E-state index >= 15 is 0 Å². The molecule has 148 valence electrons. The van der Waals surface area contributed by atoms with Gasteiger partial charge in [-0.05, 0) is 61.0 Å². The van der Waals surface area contributed by atoms with Gasteiger partial charge < -0.3 is 5.32 Å². The van der Waals surface area contributed by atoms with Crippen LogP contribution < -0.4 is 5.32 Å². The molecule has 7 heteroatoms. The quantitative estimate of drug-likeness (QED) is 0.294. The smallest absolute Gasteiger partial charge is 0.269 e. The van der Waals surface area contributed by atoms with Crippen molar-refractivity contribution in [3.05, 3.63) is 100 Å². The van der Waals surface area contributed by atoms with Crippen LogP contribution in [0.1, 0.15) is 11.4 Å². The van der Waals surface area contributed by atoms with Gasteiger partial charge in [0, 0.05) is 29.6 Å². The summed E-state index contributed by atoms with van der Waals surface area (Å²) < 4.78 is 2.06. The molecule has 0 atom stereocenters. The van der Waals surface area contributed by atoms with Gasteiger partial charge in [-0.2, -0.15) is 0 Å². The Bertz CT molecular complexity index is 1260. The van der Waals surface area contributed by atoms with Crippen molar-refractivity contribution in [3.63, 3.8) is 0 Å². The average Bonchev–Trinajstić information content (AvgIpc) is 3.08. The van der Waals surface area contributed by atoms with Gasteiger partial charge in [0.05, 0.1) is 16.0 Å². The Morgan fingerprint density at radius 3 is 2.50 bits per heavy atom. The predicted octanol–water partition coefficient (Wildman–Crippen LogP) is 4.89. The number of benzene rings is 3. The minimum absolute atomic E-state index is 0.00939. The Labute approximate surface area is 172 Å². The van der Waals surface area contributed by atoms with Gasteiger partial charge in [0.15, 0.2) is 0 Å². The van der Waals surface area contributed by atoms with Crippen molar-refractivity contribution >= 4 is 34.4 Å². The fraction of sp³-hybridized carbons (Fsp3) is 0.0435. The predicted molar refractivity (Wildman–Crippen MR) is 117 cm³/mol. The molecule has 1 amide bonds. The van der Waals surface area contributed by atoms with Crippen LogP contribution in [0.5, 0.6) is 0 Å². The summed E-state index contributed by atoms with van der Waals surface area (Å²) in [6.07, 6.45) is 2.99. The van der Waals surface area contributed by atoms with Crippen molar-refractivity contribution in [1.82, 2.24) is 9.55 Å². The minimum Gasteiger partial charge on any atom is -0.322 e. The highest BCUT2D eigenvalue weighted by molar-refractivity contribution is 6.02. The summed E-state index contributed by atoms with van der Waals surface area (Å²) in [5, 5.41) is 13.5. The van der Waals surface area contributed by atoms with Gasteiger partial charge in [0.2, 0.25) is 5.91 Å². The van der Waals surface area contributed by atoms with E-state index in [1.807, 2.05) is 55.5 Å². The number of aryl methyl sites for hydroxylation is 1. The molecule has 0 bridgehead atoms. The molecule has 30 heavy (non-hydrogen) atoms. The average molecular weight is 398 g/mol. The maximum Gasteiger partial charge on any atom is 0.269 e. The van der Waals surface area contributed by atoms with E-state index in [-0.39, 0.29) is 11.6 Å². The van der Waals surface area contributed by atoms with Crippen LogP contribution in [0, 0.1) is 17.0 Å². The highest BCUT2D eigenvalue weighted by atomic mass is 16.6. The summed E-state index contributed by atoms with van der Waals surface area (Å²) >= 11 is 0. The van der Waals surface area contributed by atoms with E-state index in [1.165, 1.54) is 18.2 Å². The summed E-state index contributed by atoms with van der Waals surface area (Å²) in [5.74, 6) is 0.560. The molecule has 0 fully saturated rings. The molecular weight excluding hydrogens is 380 g/mol. The number of rotatable bonds is 5. The molecule has 0 unspecified atom stereocenters. The van der Waals surface area contributed by atoms with E-state index in [9.17, 15) is 14.9 Å². The fourth-order valence-electron chi connectivity index (χ4n) is 3.24. The zero-order chi connectivity index (χ0) is 21.1. The number of fused-ring (bicyclic) bond motifs is 1. The van der Waals surface area contributed by atoms with E-state index in [4.69, 9.17) is 0 Å². The molecule has 1 aromatic heterocycles. The molecule has 0 aliphatic heterocycles. The zero-order valence-corrected chi connectivity index (χ0v) is 16.1. The highest BCUT2D eigenvalue weighted by Gasteiger charge is 2.10. The van der Waals surface area contributed by atoms with E-state index < -0.39 is 4.92 Å². The van der Waals surface area contributed by atoms with Crippen LogP contribution in [0.25, 0.3) is 22.8 Å². The van der Waals surface area contributed by atoms with Gasteiger partial charge in [-0.15, -0.1) is 0 Å². The summed E-state index contributed by atoms with van der Waals surface area (Å²) in [5.41, 5.74) is 4.11. The number of hydrogen-bond donors (Lipinski definition) is 1. The lowest BCUT2D eigenvalue weighted by atomic mass is 10.2. The molecule has 1 N–H and O–H groups in total. The van der Waals surface area contributed by atoms with Crippen LogP contribution in [0.4, 0.5) is 11.4 Å². The van der Waals surface area contributed by atoms with E-state index in [1.54, 1.807) is 18.2 Å². The second-order valence-corrected chi connectivity index (χ2v) is 6.70. The van der Waals surface area contributed by atoms with Gasteiger partial charge in [0.1, 0.15) is 5.82 Å². The number of anilines is 1. The molecule has 3 aromatic carbocycles. The van der Waals surface area contributed by atoms with E-state index in [0.29, 0.717) is 11.3 Å². The molecule has 0 radical (unpaired) electrons. The number of nitrogens with one attached hydrogen (secondary N) is 1. The van der Waals surface area contributed by atoms with E-state index in [0.717, 1.165) is 22.5 Å². The molecule has 0 saturated carbocycles. The number of non-ortho nitro benzene ring substituents is 1. The first-order valence-electron chi connectivity index (χ1n) is 9.29. The molecule has 0 spiro atoms. The Morgan fingerprint density at radius 2 is 1.80 bits per heavy atom. The second-order valence-electron chi connectivity index (χ2n) is 6.70. The molecular formula is C23H18N4O3. The summed E-state index contributed by atoms with van der Waals surface area (Å²) in [4.78, 5) is 27.1. The third kappa shape index (κ3) is 3.95. The fourth-order valence-corrected chi connectivity index (χ4v) is 3.24. The lowest BCUT2D eigenvalue weighted by Crippen LogP contribution is -2.07. The van der Waals surface area contributed by atoms with Gasteiger partial charge in [-0.25, -0.2) is 4.98 Å². The number of nitrogens with zero attached hydrogens (tertiary/aromatic N) is 3. The number of carbonyl (C=O) groups is 1. The number of carbonyl (C=O) groups excluding carboxylic acids is 1. The number of nitro groups is 1. The third-order valence-electron chi connectivity index (χ3n) is 4.64. The van der Waals surface area contributed by atoms with Crippen LogP contribution in [-0.2, 0) is 4.79 Å². The van der Waals surface area contributed by atoms with Crippen molar-refractivity contribution < 1.29 is 9.72 Å². The molecule has 0 saturated heterocycles. The molecule has 7 nitrogen and oxygen atoms in total. The Kier molecular flexibility index (Phi) is 5.09. The topological polar surface area (TPSA) is 90.1 Å². The third-order valence-corrected chi connectivity index (χ3v) is 4.64. The Hall–Kier alpha value is -4.26. The zero-order valence-electron chi connectivity index (χ0n) is 16.1. The first-order chi connectivity index (χ1) is 14.5. The van der Waals surface area contributed by atoms with Crippen LogP contribution >= 0.6 is 0 Å². The standard InChI is InChI=1S/C23H18N4O3/c1-16-24-21-15-18(10-13-22(21)26(16)19-5-3-2-4-6-19)25-23(28)14-9-17-7-11-20(12-8-17)27(29)30/h2-15H,1H3,(H,25,28)/b14-9+. The SMILES string of the molecule is Cc1nc2cc(NC(=O)/C=C/c3ccc([N+](=O)[O-])cc3)ccc2n1-c1ccccc1. The Balaban J connectivity index is 1.51. The first-order valence-corrected chi connectivity index (χ1v) is 9.29. The molecule has 4 aromatic rings. The van der Waals surface area contributed by atoms with Gasteiger partial charge in [-0.3, -0.25) is 19.5 Å². The van der Waals surface area contributed by atoms with Crippen molar-refractivity contribution in [2.24, 2.45) is 0 Å². The Morgan fingerprint density at radius 1 is 1.07 bits per heavy atom. The number of aromatic nitrogens is 2. The van der Waals surface area contributed by atoms with Crippen molar-refractivity contribution in [2.75, 3.05) is 5.32 Å². The van der Waals surface area contributed by atoms with Gasteiger partial charge in [-0.1, -0.05) is 18.2 Å². The number of hydrogen-bond acceptors (Lipinski definition) is 4. The van der Waals surface area contributed by atoms with Gasteiger partial charge in [0.25, 0.3) is 5.69 Å². The van der Waals surface area contributed by atoms with E-state index in [2.05, 4.69) is 14.9 Å². The van der Waals surface area contributed by atoms with Crippen LogP contribution in [0.15, 0.2) is 78.9 Å². The number of nitro benzene ring substituents is 1. The molecule has 0 aliphatic carbocycles. The van der Waals surface area contributed by atoms with Crippen LogP contribution in [0.2, 0.25) is 0 Å². The maximum atomic E-state index is 12.3. The largest absolute Gasteiger partial charge is 0.322 e. The number of para-hydroxylation sites is 1. The summed E-state index contributed by atoms with van der Waals surface area (Å²) in [7, 11) is 0. The highest BCUT2D eigenvalue weighted by Crippen LogP contribution is 2.24. The minimum atomic E-state index is -0.461. The van der Waals surface area contributed by atoms with Crippen molar-refractivity contribution in [2.45, 2.75) is 6.92 Å². The molecule has 4 rings (SSSR count). The number of imidazole rings is 1. The van der Waals surface area contributed by atoms with Crippen molar-refractivity contribution in [3.8, 4) is 5.69 Å². The normalized spacial score (nSPS) is 11.1. The van der Waals surface area contributed by atoms with Gasteiger partial charge >= 0.3 is 0 Å². The maximum absolute atomic E-state index is 12.3. The molecule has 0 aliphatic rings. The monoisotopic (exact) mass is 398 g/mol.